The molecule has 0 aliphatic rings. The predicted molar refractivity (Wildman–Crippen MR) is 95.6 cm³/mol. The van der Waals surface area contributed by atoms with E-state index < -0.39 is 11.9 Å². The molecule has 1 atom stereocenters. The van der Waals surface area contributed by atoms with Gasteiger partial charge in [-0.3, -0.25) is 14.6 Å². The van der Waals surface area contributed by atoms with Crippen LogP contribution in [0.3, 0.4) is 0 Å². The first kappa shape index (κ1) is 16.8. The molecule has 1 unspecified atom stereocenters. The molecule has 0 radical (unpaired) electrons. The maximum Gasteiger partial charge on any atom is 0.244 e. The second-order valence-electron chi connectivity index (χ2n) is 5.35. The Hall–Kier alpha value is -3.06. The number of benzene rings is 1. The van der Waals surface area contributed by atoms with Gasteiger partial charge in [0.25, 0.3) is 0 Å². The summed E-state index contributed by atoms with van der Waals surface area (Å²) in [6, 6.07) is 13.6. The summed E-state index contributed by atoms with van der Waals surface area (Å²) < 4.78 is 0. The minimum Gasteiger partial charge on any atom is -0.368 e. The highest BCUT2D eigenvalue weighted by atomic mass is 32.1. The van der Waals surface area contributed by atoms with Gasteiger partial charge in [0.05, 0.1) is 17.8 Å². The summed E-state index contributed by atoms with van der Waals surface area (Å²) in [5.74, 6) is -0.919. The van der Waals surface area contributed by atoms with Crippen molar-refractivity contribution in [3.8, 4) is 10.7 Å². The molecule has 3 rings (SSSR count). The average Bonchev–Trinajstić information content (AvgIpc) is 3.09. The molecule has 7 heteroatoms. The monoisotopic (exact) mass is 352 g/mol. The molecule has 0 fully saturated rings. The van der Waals surface area contributed by atoms with Crippen LogP contribution in [0.5, 0.6) is 0 Å². The van der Waals surface area contributed by atoms with Crippen molar-refractivity contribution in [1.29, 1.82) is 0 Å². The van der Waals surface area contributed by atoms with Crippen molar-refractivity contribution in [3.05, 3.63) is 71.4 Å². The first-order valence-corrected chi connectivity index (χ1v) is 8.51. The highest BCUT2D eigenvalue weighted by molar-refractivity contribution is 7.13. The topological polar surface area (TPSA) is 98.0 Å². The Morgan fingerprint density at radius 3 is 2.56 bits per heavy atom. The van der Waals surface area contributed by atoms with Crippen molar-refractivity contribution in [2.45, 2.75) is 12.5 Å². The van der Waals surface area contributed by atoms with E-state index in [0.29, 0.717) is 11.3 Å². The average molecular weight is 352 g/mol. The Morgan fingerprint density at radius 2 is 1.88 bits per heavy atom. The third-order valence-corrected chi connectivity index (χ3v) is 4.41. The van der Waals surface area contributed by atoms with Crippen molar-refractivity contribution in [1.82, 2.24) is 15.3 Å². The lowest BCUT2D eigenvalue weighted by Crippen LogP contribution is -2.38. The van der Waals surface area contributed by atoms with Crippen molar-refractivity contribution in [2.75, 3.05) is 0 Å². The number of nitrogens with one attached hydrogen (secondary N) is 1. The Bertz CT molecular complexity index is 865. The molecule has 0 saturated heterocycles. The molecular weight excluding hydrogens is 336 g/mol. The first-order chi connectivity index (χ1) is 12.1. The van der Waals surface area contributed by atoms with Gasteiger partial charge in [0.1, 0.15) is 11.0 Å². The zero-order valence-electron chi connectivity index (χ0n) is 13.3. The summed E-state index contributed by atoms with van der Waals surface area (Å²) in [4.78, 5) is 32.6. The lowest BCUT2D eigenvalue weighted by Gasteiger charge is -2.15. The lowest BCUT2D eigenvalue weighted by atomic mass is 10.1. The molecule has 126 valence electrons. The van der Waals surface area contributed by atoms with Crippen LogP contribution in [0.4, 0.5) is 0 Å². The van der Waals surface area contributed by atoms with Crippen molar-refractivity contribution in [2.24, 2.45) is 5.73 Å². The Labute approximate surface area is 148 Å². The highest BCUT2D eigenvalue weighted by Gasteiger charge is 2.20. The molecule has 0 bridgehead atoms. The molecule has 6 nitrogen and oxygen atoms in total. The minimum absolute atomic E-state index is 0.0694. The fraction of sp³-hybridized carbons (Fsp3) is 0.111. The van der Waals surface area contributed by atoms with E-state index in [2.05, 4.69) is 15.3 Å². The van der Waals surface area contributed by atoms with Gasteiger partial charge in [0.2, 0.25) is 11.8 Å². The Balaban J connectivity index is 1.68. The summed E-state index contributed by atoms with van der Waals surface area (Å²) in [6.45, 7) is 0. The van der Waals surface area contributed by atoms with Gasteiger partial charge in [-0.1, -0.05) is 36.4 Å². The summed E-state index contributed by atoms with van der Waals surface area (Å²) in [7, 11) is 0. The van der Waals surface area contributed by atoms with Crippen molar-refractivity contribution >= 4 is 23.2 Å². The summed E-state index contributed by atoms with van der Waals surface area (Å²) >= 11 is 1.42. The molecule has 3 aromatic rings. The smallest absolute Gasteiger partial charge is 0.244 e. The normalized spacial score (nSPS) is 11.7. The molecule has 0 spiro atoms. The highest BCUT2D eigenvalue weighted by Crippen LogP contribution is 2.21. The lowest BCUT2D eigenvalue weighted by molar-refractivity contribution is -0.127. The zero-order chi connectivity index (χ0) is 17.6. The zero-order valence-corrected chi connectivity index (χ0v) is 14.1. The van der Waals surface area contributed by atoms with E-state index in [-0.39, 0.29) is 12.3 Å². The molecule has 0 saturated carbocycles. The van der Waals surface area contributed by atoms with E-state index in [1.165, 1.54) is 11.3 Å². The van der Waals surface area contributed by atoms with E-state index in [9.17, 15) is 9.59 Å². The molecular formula is C18H16N4O2S. The van der Waals surface area contributed by atoms with Gasteiger partial charge in [0, 0.05) is 11.6 Å². The van der Waals surface area contributed by atoms with Crippen molar-refractivity contribution in [3.63, 3.8) is 0 Å². The van der Waals surface area contributed by atoms with Crippen LogP contribution in [0.1, 0.15) is 17.3 Å². The molecule has 0 aliphatic carbocycles. The van der Waals surface area contributed by atoms with Crippen LogP contribution >= 0.6 is 11.3 Å². The Kier molecular flexibility index (Phi) is 5.15. The third-order valence-electron chi connectivity index (χ3n) is 3.50. The number of primary amides is 1. The number of aromatic nitrogens is 2. The number of nitrogens with zero attached hydrogens (tertiary/aromatic N) is 2. The molecule has 3 N–H and O–H groups in total. The van der Waals surface area contributed by atoms with Gasteiger partial charge >= 0.3 is 0 Å². The molecule has 2 amide bonds. The standard InChI is InChI=1S/C18H16N4O2S/c19-17(24)16(12-6-2-1-3-7-12)22-15(23)10-13-11-25-18(21-13)14-8-4-5-9-20-14/h1-9,11,16H,10H2,(H2,19,24)(H,22,23). The molecule has 2 aromatic heterocycles. The summed E-state index contributed by atoms with van der Waals surface area (Å²) in [5, 5.41) is 5.22. The van der Waals surface area contributed by atoms with Gasteiger partial charge < -0.3 is 11.1 Å². The molecule has 2 heterocycles. The number of hydrogen-bond acceptors (Lipinski definition) is 5. The van der Waals surface area contributed by atoms with Crippen LogP contribution in [0.15, 0.2) is 60.1 Å². The van der Waals surface area contributed by atoms with Gasteiger partial charge in [-0.25, -0.2) is 4.98 Å². The summed E-state index contributed by atoms with van der Waals surface area (Å²) in [6.07, 6.45) is 1.76. The van der Waals surface area contributed by atoms with Gasteiger partial charge in [-0.2, -0.15) is 0 Å². The SMILES string of the molecule is NC(=O)C(NC(=O)Cc1csc(-c2ccccn2)n1)c1ccccc1. The number of nitrogens with two attached hydrogens (primary N) is 1. The fourth-order valence-corrected chi connectivity index (χ4v) is 3.13. The van der Waals surface area contributed by atoms with Crippen LogP contribution < -0.4 is 11.1 Å². The van der Waals surface area contributed by atoms with Crippen LogP contribution in [0.25, 0.3) is 10.7 Å². The number of carbonyl (C=O) groups is 2. The van der Waals surface area contributed by atoms with E-state index in [1.54, 1.807) is 30.5 Å². The van der Waals surface area contributed by atoms with Gasteiger partial charge in [-0.05, 0) is 17.7 Å². The maximum absolute atomic E-state index is 12.3. The molecule has 0 aliphatic heterocycles. The minimum atomic E-state index is -0.859. The fourth-order valence-electron chi connectivity index (χ4n) is 2.34. The number of hydrogen-bond donors (Lipinski definition) is 2. The van der Waals surface area contributed by atoms with E-state index in [1.807, 2.05) is 29.6 Å². The van der Waals surface area contributed by atoms with Gasteiger partial charge in [-0.15, -0.1) is 11.3 Å². The summed E-state index contributed by atoms with van der Waals surface area (Å²) in [5.41, 5.74) is 7.45. The van der Waals surface area contributed by atoms with Crippen LogP contribution in [0.2, 0.25) is 0 Å². The second-order valence-corrected chi connectivity index (χ2v) is 6.21. The van der Waals surface area contributed by atoms with Gasteiger partial charge in [0.15, 0.2) is 0 Å². The second kappa shape index (κ2) is 7.67. The number of thiazole rings is 1. The molecule has 1 aromatic carbocycles. The van der Waals surface area contributed by atoms with Crippen LogP contribution in [-0.2, 0) is 16.0 Å². The van der Waals surface area contributed by atoms with E-state index in [4.69, 9.17) is 5.73 Å². The Morgan fingerprint density at radius 1 is 1.12 bits per heavy atom. The number of amides is 2. The largest absolute Gasteiger partial charge is 0.368 e. The first-order valence-electron chi connectivity index (χ1n) is 7.63. The molecule has 25 heavy (non-hydrogen) atoms. The van der Waals surface area contributed by atoms with Crippen molar-refractivity contribution < 1.29 is 9.59 Å². The number of rotatable bonds is 6. The maximum atomic E-state index is 12.3. The predicted octanol–water partition coefficient (Wildman–Crippen LogP) is 2.09. The number of carbonyl (C=O) groups excluding carboxylic acids is 2. The van der Waals surface area contributed by atoms with Crippen LogP contribution in [0, 0.1) is 0 Å². The van der Waals surface area contributed by atoms with E-state index >= 15 is 0 Å². The third kappa shape index (κ3) is 4.27. The van der Waals surface area contributed by atoms with E-state index in [0.717, 1.165) is 10.7 Å². The van der Waals surface area contributed by atoms with Crippen LogP contribution in [-0.4, -0.2) is 21.8 Å². The number of pyridine rings is 1. The quantitative estimate of drug-likeness (QED) is 0.710.